The Hall–Kier alpha value is -3.84. The number of hydrogen-bond donors (Lipinski definition) is 0. The van der Waals surface area contributed by atoms with Crippen LogP contribution in [0.15, 0.2) is 72.8 Å². The molecular weight excluding hydrogens is 506 g/mol. The van der Waals surface area contributed by atoms with Gasteiger partial charge < -0.3 is 4.90 Å². The van der Waals surface area contributed by atoms with Crippen LogP contribution in [0.1, 0.15) is 49.7 Å². The molecule has 1 saturated carbocycles. The number of anilines is 1. The largest absolute Gasteiger partial charge is 0.327 e. The summed E-state index contributed by atoms with van der Waals surface area (Å²) in [5, 5.41) is 0.897. The number of hydrogen-bond acceptors (Lipinski definition) is 5. The van der Waals surface area contributed by atoms with Crippen molar-refractivity contribution in [2.45, 2.75) is 64.0 Å². The van der Waals surface area contributed by atoms with Gasteiger partial charge in [0, 0.05) is 11.6 Å². The van der Waals surface area contributed by atoms with Crippen molar-refractivity contribution in [1.82, 2.24) is 9.88 Å². The lowest BCUT2D eigenvalue weighted by molar-refractivity contribution is -0.141. The summed E-state index contributed by atoms with van der Waals surface area (Å²) in [6.07, 6.45) is 5.20. The summed E-state index contributed by atoms with van der Waals surface area (Å²) in [7, 11) is 0. The third kappa shape index (κ3) is 5.11. The number of imide groups is 1. The molecule has 0 spiro atoms. The minimum atomic E-state index is -0.760. The predicted molar refractivity (Wildman–Crippen MR) is 155 cm³/mol. The van der Waals surface area contributed by atoms with Crippen molar-refractivity contribution in [2.24, 2.45) is 0 Å². The molecule has 2 aliphatic rings. The van der Waals surface area contributed by atoms with Gasteiger partial charge in [0.15, 0.2) is 0 Å². The predicted octanol–water partition coefficient (Wildman–Crippen LogP) is 6.31. The quantitative estimate of drug-likeness (QED) is 0.270. The Labute approximate surface area is 232 Å². The van der Waals surface area contributed by atoms with Gasteiger partial charge in [-0.05, 0) is 67.3 Å². The summed E-state index contributed by atoms with van der Waals surface area (Å²) in [6.45, 7) is 2.07. The number of benzene rings is 3. The highest BCUT2D eigenvalue weighted by Crippen LogP contribution is 2.34. The van der Waals surface area contributed by atoms with Crippen LogP contribution in [0.2, 0.25) is 0 Å². The zero-order chi connectivity index (χ0) is 26.9. The molecule has 0 N–H and O–H groups in total. The van der Waals surface area contributed by atoms with Gasteiger partial charge in [0.1, 0.15) is 11.0 Å². The molecule has 0 bridgehead atoms. The lowest BCUT2D eigenvalue weighted by Gasteiger charge is -2.37. The molecule has 4 aromatic rings. The van der Waals surface area contributed by atoms with Crippen LogP contribution < -0.4 is 4.90 Å². The Balaban J connectivity index is 1.25. The molecule has 6 rings (SSSR count). The number of thiazole rings is 1. The maximum Gasteiger partial charge on any atom is 0.257 e. The first-order valence-corrected chi connectivity index (χ1v) is 14.5. The molecule has 1 aliphatic heterocycles. The van der Waals surface area contributed by atoms with Crippen LogP contribution in [0, 0.1) is 6.92 Å². The van der Waals surface area contributed by atoms with E-state index in [2.05, 4.69) is 19.1 Å². The van der Waals surface area contributed by atoms with Crippen molar-refractivity contribution in [3.8, 4) is 10.6 Å². The summed E-state index contributed by atoms with van der Waals surface area (Å²) in [5.74, 6) is -0.653. The summed E-state index contributed by atoms with van der Waals surface area (Å²) in [5.41, 5.74) is 4.54. The smallest absolute Gasteiger partial charge is 0.257 e. The number of rotatable bonds is 6. The molecule has 3 aromatic carbocycles. The van der Waals surface area contributed by atoms with Crippen LogP contribution in [0.5, 0.6) is 0 Å². The van der Waals surface area contributed by atoms with E-state index in [4.69, 9.17) is 4.98 Å². The molecule has 1 aromatic heterocycles. The van der Waals surface area contributed by atoms with Crippen molar-refractivity contribution in [3.05, 3.63) is 83.9 Å². The highest BCUT2D eigenvalue weighted by molar-refractivity contribution is 7.21. The van der Waals surface area contributed by atoms with Crippen LogP contribution in [-0.2, 0) is 20.8 Å². The van der Waals surface area contributed by atoms with Crippen molar-refractivity contribution in [3.63, 3.8) is 0 Å². The van der Waals surface area contributed by atoms with Gasteiger partial charge in [-0.3, -0.25) is 14.4 Å². The second-order valence-electron chi connectivity index (χ2n) is 10.6. The van der Waals surface area contributed by atoms with Crippen LogP contribution in [0.25, 0.3) is 20.8 Å². The van der Waals surface area contributed by atoms with E-state index in [1.165, 1.54) is 10.5 Å². The van der Waals surface area contributed by atoms with E-state index in [9.17, 15) is 14.4 Å². The monoisotopic (exact) mass is 537 g/mol. The molecule has 1 unspecified atom stereocenters. The molecular formula is C32H31N3O3S. The second kappa shape index (κ2) is 10.7. The topological polar surface area (TPSA) is 70.6 Å². The number of fused-ring (bicyclic) bond motifs is 1. The molecule has 7 heteroatoms. The average molecular weight is 538 g/mol. The normalized spacial score (nSPS) is 18.2. The average Bonchev–Trinajstić information content (AvgIpc) is 3.50. The molecule has 198 valence electrons. The van der Waals surface area contributed by atoms with Gasteiger partial charge in [0.25, 0.3) is 5.91 Å². The van der Waals surface area contributed by atoms with Gasteiger partial charge in [-0.25, -0.2) is 9.88 Å². The Morgan fingerprint density at radius 1 is 0.974 bits per heavy atom. The Bertz CT molecular complexity index is 1520. The number of amides is 3. The van der Waals surface area contributed by atoms with E-state index >= 15 is 0 Å². The SMILES string of the molecule is Cc1ccc2nc(-c3ccc(N4C(=O)CC(N(C(=O)Cc5ccccc5)C5CCCCC5)C4=O)cc3)sc2c1. The van der Waals surface area contributed by atoms with E-state index in [1.54, 1.807) is 16.2 Å². The third-order valence-electron chi connectivity index (χ3n) is 7.83. The van der Waals surface area contributed by atoms with E-state index in [0.717, 1.165) is 58.5 Å². The maximum absolute atomic E-state index is 13.8. The van der Waals surface area contributed by atoms with Crippen LogP contribution in [0.3, 0.4) is 0 Å². The molecule has 1 saturated heterocycles. The fourth-order valence-corrected chi connectivity index (χ4v) is 6.94. The molecule has 2 fully saturated rings. The Kier molecular flexibility index (Phi) is 7.00. The zero-order valence-electron chi connectivity index (χ0n) is 22.0. The second-order valence-corrected chi connectivity index (χ2v) is 11.6. The third-order valence-corrected chi connectivity index (χ3v) is 8.90. The Morgan fingerprint density at radius 3 is 2.46 bits per heavy atom. The first-order valence-electron chi connectivity index (χ1n) is 13.7. The first-order chi connectivity index (χ1) is 19.0. The number of aryl methyl sites for hydroxylation is 1. The summed E-state index contributed by atoms with van der Waals surface area (Å²) in [6, 6.07) is 22.5. The van der Waals surface area contributed by atoms with Crippen molar-refractivity contribution < 1.29 is 14.4 Å². The lowest BCUT2D eigenvalue weighted by atomic mass is 9.92. The van der Waals surface area contributed by atoms with Gasteiger partial charge in [0.05, 0.1) is 28.7 Å². The minimum Gasteiger partial charge on any atom is -0.327 e. The van der Waals surface area contributed by atoms with Crippen LogP contribution >= 0.6 is 11.3 Å². The van der Waals surface area contributed by atoms with Gasteiger partial charge in [-0.2, -0.15) is 0 Å². The lowest BCUT2D eigenvalue weighted by Crippen LogP contribution is -2.51. The molecule has 2 heterocycles. The first kappa shape index (κ1) is 25.4. The van der Waals surface area contributed by atoms with E-state index in [-0.39, 0.29) is 36.6 Å². The van der Waals surface area contributed by atoms with Gasteiger partial charge in [0.2, 0.25) is 11.8 Å². The van der Waals surface area contributed by atoms with Crippen molar-refractivity contribution in [1.29, 1.82) is 0 Å². The van der Waals surface area contributed by atoms with Crippen molar-refractivity contribution >= 4 is 45.0 Å². The minimum absolute atomic E-state index is 0.0123. The van der Waals surface area contributed by atoms with E-state index < -0.39 is 6.04 Å². The molecule has 39 heavy (non-hydrogen) atoms. The van der Waals surface area contributed by atoms with E-state index in [0.29, 0.717) is 5.69 Å². The highest BCUT2D eigenvalue weighted by atomic mass is 32.1. The number of carbonyl (C=O) groups is 3. The van der Waals surface area contributed by atoms with Crippen LogP contribution in [0.4, 0.5) is 5.69 Å². The molecule has 3 amide bonds. The van der Waals surface area contributed by atoms with Crippen LogP contribution in [-0.4, -0.2) is 39.7 Å². The summed E-state index contributed by atoms with van der Waals surface area (Å²) < 4.78 is 1.13. The summed E-state index contributed by atoms with van der Waals surface area (Å²) >= 11 is 1.62. The van der Waals surface area contributed by atoms with Crippen molar-refractivity contribution in [2.75, 3.05) is 4.90 Å². The molecule has 1 aliphatic carbocycles. The van der Waals surface area contributed by atoms with Gasteiger partial charge >= 0.3 is 0 Å². The fourth-order valence-electron chi connectivity index (χ4n) is 5.87. The highest BCUT2D eigenvalue weighted by Gasteiger charge is 2.46. The molecule has 6 nitrogen and oxygen atoms in total. The Morgan fingerprint density at radius 2 is 1.72 bits per heavy atom. The standard InChI is InChI=1S/C32H31N3O3S/c1-21-12-17-26-28(18-21)39-31(33-26)23-13-15-25(16-14-23)35-30(37)20-27(32(35)38)34(24-10-6-3-7-11-24)29(36)19-22-8-4-2-5-9-22/h2,4-5,8-9,12-18,24,27H,3,6-7,10-11,19-20H2,1H3. The summed E-state index contributed by atoms with van der Waals surface area (Å²) in [4.78, 5) is 48.4. The molecule has 1 atom stereocenters. The van der Waals surface area contributed by atoms with E-state index in [1.807, 2.05) is 60.7 Å². The van der Waals surface area contributed by atoms with Gasteiger partial charge in [-0.1, -0.05) is 55.7 Å². The number of nitrogens with zero attached hydrogens (tertiary/aromatic N) is 3. The van der Waals surface area contributed by atoms with Gasteiger partial charge in [-0.15, -0.1) is 11.3 Å². The molecule has 0 radical (unpaired) electrons. The number of carbonyl (C=O) groups excluding carboxylic acids is 3. The zero-order valence-corrected chi connectivity index (χ0v) is 22.8. The number of aromatic nitrogens is 1. The fraction of sp³-hybridized carbons (Fsp3) is 0.312. The maximum atomic E-state index is 13.8.